The highest BCUT2D eigenvalue weighted by Gasteiger charge is 2.33. The van der Waals surface area contributed by atoms with Crippen LogP contribution < -0.4 is 10.1 Å². The molecule has 1 aromatic carbocycles. The SMILES string of the molecule is COc1c(C#N)cccc1-c1ccc(NC[C@](C)(C[C@H](C)F)c2ncccc2F)nn1. The first-order chi connectivity index (χ1) is 14.9. The van der Waals surface area contributed by atoms with Gasteiger partial charge >= 0.3 is 0 Å². The van der Waals surface area contributed by atoms with Crippen molar-refractivity contribution in [2.45, 2.75) is 31.9 Å². The van der Waals surface area contributed by atoms with E-state index >= 15 is 0 Å². The molecule has 3 aromatic rings. The van der Waals surface area contributed by atoms with E-state index < -0.39 is 17.4 Å². The van der Waals surface area contributed by atoms with Crippen molar-refractivity contribution in [2.24, 2.45) is 0 Å². The van der Waals surface area contributed by atoms with Gasteiger partial charge in [-0.05, 0) is 49.7 Å². The molecule has 0 spiro atoms. The summed E-state index contributed by atoms with van der Waals surface area (Å²) in [6.07, 6.45) is 0.454. The number of alkyl halides is 1. The molecular weight excluding hydrogens is 400 g/mol. The molecule has 0 bridgehead atoms. The van der Waals surface area contributed by atoms with Crippen LogP contribution in [-0.2, 0) is 5.41 Å². The van der Waals surface area contributed by atoms with Crippen LogP contribution in [0.1, 0.15) is 31.5 Å². The minimum Gasteiger partial charge on any atom is -0.495 e. The maximum atomic E-state index is 14.4. The van der Waals surface area contributed by atoms with Gasteiger partial charge in [0.15, 0.2) is 0 Å². The van der Waals surface area contributed by atoms with Gasteiger partial charge in [0.05, 0.1) is 30.2 Å². The Hall–Kier alpha value is -3.60. The molecule has 160 valence electrons. The van der Waals surface area contributed by atoms with Gasteiger partial charge in [0.1, 0.15) is 23.5 Å². The zero-order valence-electron chi connectivity index (χ0n) is 17.6. The Morgan fingerprint density at radius 2 is 2.00 bits per heavy atom. The Bertz CT molecular complexity index is 1080. The largest absolute Gasteiger partial charge is 0.495 e. The van der Waals surface area contributed by atoms with Gasteiger partial charge in [0, 0.05) is 23.7 Å². The molecule has 0 unspecified atom stereocenters. The van der Waals surface area contributed by atoms with E-state index in [4.69, 9.17) is 4.74 Å². The highest BCUT2D eigenvalue weighted by molar-refractivity contribution is 5.71. The Balaban J connectivity index is 1.82. The van der Waals surface area contributed by atoms with Gasteiger partial charge in [-0.25, -0.2) is 8.78 Å². The molecule has 31 heavy (non-hydrogen) atoms. The first kappa shape index (κ1) is 22.1. The number of aromatic nitrogens is 3. The standard InChI is InChI=1S/C23H23F2N5O/c1-15(24)12-23(2,22-18(25)8-5-11-27-22)14-28-20-10-9-19(29-30-20)17-7-4-6-16(13-26)21(17)31-3/h4-11,15H,12,14H2,1-3H3,(H,28,30)/t15-,23-/m0/s1. The zero-order valence-corrected chi connectivity index (χ0v) is 17.6. The number of nitrogens with one attached hydrogen (secondary N) is 1. The van der Waals surface area contributed by atoms with Gasteiger partial charge in [-0.1, -0.05) is 13.0 Å². The lowest BCUT2D eigenvalue weighted by Gasteiger charge is -2.30. The summed E-state index contributed by atoms with van der Waals surface area (Å²) < 4.78 is 33.6. The molecule has 1 N–H and O–H groups in total. The second kappa shape index (κ2) is 9.47. The van der Waals surface area contributed by atoms with Crippen molar-refractivity contribution in [3.05, 3.63) is 65.7 Å². The second-order valence-electron chi connectivity index (χ2n) is 7.53. The average molecular weight is 423 g/mol. The maximum absolute atomic E-state index is 14.4. The van der Waals surface area contributed by atoms with Gasteiger partial charge in [0.2, 0.25) is 0 Å². The van der Waals surface area contributed by atoms with Crippen molar-refractivity contribution in [3.8, 4) is 23.1 Å². The fraction of sp³-hybridized carbons (Fsp3) is 0.304. The molecule has 0 aliphatic carbocycles. The van der Waals surface area contributed by atoms with Gasteiger partial charge < -0.3 is 10.1 Å². The van der Waals surface area contributed by atoms with E-state index in [0.29, 0.717) is 28.4 Å². The summed E-state index contributed by atoms with van der Waals surface area (Å²) in [5.74, 6) is 0.404. The van der Waals surface area contributed by atoms with Crippen LogP contribution in [0.25, 0.3) is 11.3 Å². The number of ether oxygens (including phenoxy) is 1. The molecule has 3 rings (SSSR count). The molecule has 0 aliphatic heterocycles. The van der Waals surface area contributed by atoms with Crippen LogP contribution in [0.4, 0.5) is 14.6 Å². The molecule has 0 aliphatic rings. The molecular formula is C23H23F2N5O. The number of nitrogens with zero attached hydrogens (tertiary/aromatic N) is 4. The smallest absolute Gasteiger partial charge is 0.148 e. The number of nitriles is 1. The topological polar surface area (TPSA) is 83.7 Å². The van der Waals surface area contributed by atoms with Crippen LogP contribution in [0.2, 0.25) is 0 Å². The molecule has 0 saturated heterocycles. The predicted octanol–water partition coefficient (Wildman–Crippen LogP) is 4.68. The summed E-state index contributed by atoms with van der Waals surface area (Å²) in [5, 5.41) is 20.8. The lowest BCUT2D eigenvalue weighted by atomic mass is 9.81. The van der Waals surface area contributed by atoms with E-state index in [-0.39, 0.29) is 18.7 Å². The summed E-state index contributed by atoms with van der Waals surface area (Å²) in [5.41, 5.74) is 0.902. The molecule has 0 saturated carbocycles. The van der Waals surface area contributed by atoms with Crippen LogP contribution in [0.3, 0.4) is 0 Å². The lowest BCUT2D eigenvalue weighted by Crippen LogP contribution is -2.35. The van der Waals surface area contributed by atoms with Gasteiger partial charge in [-0.15, -0.1) is 10.2 Å². The normalized spacial score (nSPS) is 13.7. The third-order valence-corrected chi connectivity index (χ3v) is 5.00. The molecule has 0 fully saturated rings. The Morgan fingerprint density at radius 3 is 2.61 bits per heavy atom. The van der Waals surface area contributed by atoms with E-state index in [2.05, 4.69) is 26.6 Å². The average Bonchev–Trinajstić information content (AvgIpc) is 2.77. The van der Waals surface area contributed by atoms with Crippen molar-refractivity contribution in [2.75, 3.05) is 19.0 Å². The summed E-state index contributed by atoms with van der Waals surface area (Å²) in [7, 11) is 1.49. The fourth-order valence-electron chi connectivity index (χ4n) is 3.61. The number of rotatable bonds is 8. The van der Waals surface area contributed by atoms with Gasteiger partial charge in [0.25, 0.3) is 0 Å². The van der Waals surface area contributed by atoms with Crippen LogP contribution in [0.15, 0.2) is 48.7 Å². The van der Waals surface area contributed by atoms with Crippen LogP contribution in [-0.4, -0.2) is 35.0 Å². The Labute approximate surface area is 179 Å². The first-order valence-corrected chi connectivity index (χ1v) is 9.78. The quantitative estimate of drug-likeness (QED) is 0.567. The van der Waals surface area contributed by atoms with Gasteiger partial charge in [-0.3, -0.25) is 4.98 Å². The van der Waals surface area contributed by atoms with E-state index in [9.17, 15) is 14.0 Å². The molecule has 8 heteroatoms. The number of halogens is 2. The van der Waals surface area contributed by atoms with Crippen molar-refractivity contribution in [3.63, 3.8) is 0 Å². The van der Waals surface area contributed by atoms with E-state index in [1.54, 1.807) is 37.3 Å². The zero-order chi connectivity index (χ0) is 22.4. The number of anilines is 1. The third kappa shape index (κ3) is 4.94. The Kier molecular flexibility index (Phi) is 6.75. The Morgan fingerprint density at radius 1 is 1.19 bits per heavy atom. The number of pyridine rings is 1. The first-order valence-electron chi connectivity index (χ1n) is 9.78. The minimum absolute atomic E-state index is 0.0948. The summed E-state index contributed by atoms with van der Waals surface area (Å²) in [4.78, 5) is 4.15. The fourth-order valence-corrected chi connectivity index (χ4v) is 3.61. The van der Waals surface area contributed by atoms with Crippen molar-refractivity contribution < 1.29 is 13.5 Å². The number of benzene rings is 1. The number of methoxy groups -OCH3 is 1. The molecule has 6 nitrogen and oxygen atoms in total. The number of para-hydroxylation sites is 1. The number of hydrogen-bond acceptors (Lipinski definition) is 6. The van der Waals surface area contributed by atoms with Crippen LogP contribution in [0, 0.1) is 17.1 Å². The summed E-state index contributed by atoms with van der Waals surface area (Å²) in [6, 6.07) is 13.6. The maximum Gasteiger partial charge on any atom is 0.148 e. The summed E-state index contributed by atoms with van der Waals surface area (Å²) >= 11 is 0. The summed E-state index contributed by atoms with van der Waals surface area (Å²) in [6.45, 7) is 3.43. The highest BCUT2D eigenvalue weighted by atomic mass is 19.1. The van der Waals surface area contributed by atoms with Crippen molar-refractivity contribution in [1.29, 1.82) is 5.26 Å². The van der Waals surface area contributed by atoms with Gasteiger partial charge in [-0.2, -0.15) is 5.26 Å². The lowest BCUT2D eigenvalue weighted by molar-refractivity contribution is 0.267. The van der Waals surface area contributed by atoms with Crippen LogP contribution >= 0.6 is 0 Å². The van der Waals surface area contributed by atoms with E-state index in [0.717, 1.165) is 0 Å². The minimum atomic E-state index is -1.14. The van der Waals surface area contributed by atoms with Crippen molar-refractivity contribution in [1.82, 2.24) is 15.2 Å². The number of hydrogen-bond donors (Lipinski definition) is 1. The molecule has 0 amide bonds. The highest BCUT2D eigenvalue weighted by Crippen LogP contribution is 2.33. The molecule has 0 radical (unpaired) electrons. The van der Waals surface area contributed by atoms with Crippen molar-refractivity contribution >= 4 is 5.82 Å². The predicted molar refractivity (Wildman–Crippen MR) is 114 cm³/mol. The third-order valence-electron chi connectivity index (χ3n) is 5.00. The molecule has 2 atom stereocenters. The van der Waals surface area contributed by atoms with Crippen LogP contribution in [0.5, 0.6) is 5.75 Å². The van der Waals surface area contributed by atoms with E-state index in [1.807, 2.05) is 0 Å². The van der Waals surface area contributed by atoms with E-state index in [1.165, 1.54) is 32.4 Å². The molecule has 2 aromatic heterocycles. The monoisotopic (exact) mass is 423 g/mol. The molecule has 2 heterocycles. The second-order valence-corrected chi connectivity index (χ2v) is 7.53.